The Labute approximate surface area is 125 Å². The fourth-order valence-electron chi connectivity index (χ4n) is 2.15. The molecule has 5 atom stereocenters. The highest BCUT2D eigenvalue weighted by Gasteiger charge is 2.38. The van der Waals surface area contributed by atoms with Gasteiger partial charge in [0.25, 0.3) is 5.69 Å². The van der Waals surface area contributed by atoms with Gasteiger partial charge in [-0.15, -0.1) is 0 Å². The summed E-state index contributed by atoms with van der Waals surface area (Å²) in [5.74, 6) is 0. The van der Waals surface area contributed by atoms with Crippen LogP contribution in [0.1, 0.15) is 11.9 Å². The van der Waals surface area contributed by atoms with Crippen LogP contribution >= 0.6 is 0 Å². The summed E-state index contributed by atoms with van der Waals surface area (Å²) in [7, 11) is 0. The van der Waals surface area contributed by atoms with Crippen molar-refractivity contribution in [1.82, 2.24) is 0 Å². The molecule has 4 N–H and O–H groups in total. The van der Waals surface area contributed by atoms with Gasteiger partial charge in [-0.3, -0.25) is 10.1 Å². The topological polar surface area (TPSA) is 143 Å². The lowest BCUT2D eigenvalue weighted by Gasteiger charge is -2.27. The summed E-state index contributed by atoms with van der Waals surface area (Å²) in [6, 6.07) is 5.49. The summed E-state index contributed by atoms with van der Waals surface area (Å²) >= 11 is 0. The number of nitrogens with zero attached hydrogens (tertiary/aromatic N) is 1. The Balaban J connectivity index is 2.26. The molecule has 1 heterocycles. The Morgan fingerprint density at radius 2 is 2.14 bits per heavy atom. The van der Waals surface area contributed by atoms with Crippen LogP contribution in [0, 0.1) is 10.1 Å². The van der Waals surface area contributed by atoms with E-state index in [4.69, 9.17) is 14.6 Å². The number of aliphatic hydroxyl groups is 4. The van der Waals surface area contributed by atoms with Crippen LogP contribution in [0.3, 0.4) is 0 Å². The number of non-ortho nitro benzene ring substituents is 1. The minimum absolute atomic E-state index is 0.172. The molecule has 1 saturated heterocycles. The lowest BCUT2D eigenvalue weighted by molar-refractivity contribution is -0.385. The van der Waals surface area contributed by atoms with Crippen LogP contribution in [0.25, 0.3) is 0 Å². The SMILES string of the molecule is O=[N+]([O-])c1cccc(C2OC[C@@H](O)[C@H](O)[C@H]([C@@H](O)CO)O2)c1. The van der Waals surface area contributed by atoms with E-state index >= 15 is 0 Å². The maximum Gasteiger partial charge on any atom is 0.269 e. The Kier molecular flexibility index (Phi) is 5.40. The first-order chi connectivity index (χ1) is 10.4. The predicted octanol–water partition coefficient (Wildman–Crippen LogP) is -0.916. The van der Waals surface area contributed by atoms with Gasteiger partial charge in [0.15, 0.2) is 6.29 Å². The van der Waals surface area contributed by atoms with Crippen LogP contribution in [-0.2, 0) is 9.47 Å². The zero-order chi connectivity index (χ0) is 16.3. The number of nitro benzene ring substituents is 1. The summed E-state index contributed by atoms with van der Waals surface area (Å²) in [5, 5.41) is 49.1. The molecule has 0 amide bonds. The highest BCUT2D eigenvalue weighted by Crippen LogP contribution is 2.29. The molecule has 1 unspecified atom stereocenters. The molecule has 0 radical (unpaired) electrons. The highest BCUT2D eigenvalue weighted by atomic mass is 16.7. The van der Waals surface area contributed by atoms with Crippen molar-refractivity contribution in [1.29, 1.82) is 0 Å². The number of aliphatic hydroxyl groups excluding tert-OH is 4. The van der Waals surface area contributed by atoms with Crippen molar-refractivity contribution in [2.75, 3.05) is 13.2 Å². The molecule has 9 heteroatoms. The van der Waals surface area contributed by atoms with Crippen molar-refractivity contribution < 1.29 is 34.8 Å². The maximum atomic E-state index is 10.8. The number of rotatable bonds is 4. The average molecular weight is 315 g/mol. The number of ether oxygens (including phenoxy) is 2. The molecule has 1 aliphatic rings. The molecule has 122 valence electrons. The van der Waals surface area contributed by atoms with Crippen molar-refractivity contribution >= 4 is 5.69 Å². The smallest absolute Gasteiger partial charge is 0.269 e. The van der Waals surface area contributed by atoms with E-state index in [1.807, 2.05) is 0 Å². The molecule has 0 aliphatic carbocycles. The quantitative estimate of drug-likeness (QED) is 0.413. The molecule has 0 bridgehead atoms. The zero-order valence-corrected chi connectivity index (χ0v) is 11.5. The third-order valence-electron chi connectivity index (χ3n) is 3.35. The van der Waals surface area contributed by atoms with Crippen LogP contribution < -0.4 is 0 Å². The molecule has 2 rings (SSSR count). The van der Waals surface area contributed by atoms with E-state index in [9.17, 15) is 25.4 Å². The molecule has 1 aromatic carbocycles. The first kappa shape index (κ1) is 16.7. The van der Waals surface area contributed by atoms with Gasteiger partial charge in [-0.05, 0) is 0 Å². The number of nitro groups is 1. The monoisotopic (exact) mass is 315 g/mol. The molecule has 0 aromatic heterocycles. The largest absolute Gasteiger partial charge is 0.394 e. The van der Waals surface area contributed by atoms with Crippen LogP contribution in [0.15, 0.2) is 24.3 Å². The van der Waals surface area contributed by atoms with E-state index < -0.39 is 42.2 Å². The first-order valence-corrected chi connectivity index (χ1v) is 6.60. The van der Waals surface area contributed by atoms with Gasteiger partial charge in [-0.2, -0.15) is 0 Å². The van der Waals surface area contributed by atoms with Crippen LogP contribution in [-0.4, -0.2) is 63.0 Å². The van der Waals surface area contributed by atoms with Gasteiger partial charge in [0.2, 0.25) is 0 Å². The van der Waals surface area contributed by atoms with Crippen molar-refractivity contribution in [3.05, 3.63) is 39.9 Å². The van der Waals surface area contributed by atoms with E-state index in [2.05, 4.69) is 0 Å². The van der Waals surface area contributed by atoms with E-state index in [0.29, 0.717) is 5.56 Å². The summed E-state index contributed by atoms with van der Waals surface area (Å²) in [6.45, 7) is -0.973. The van der Waals surface area contributed by atoms with Crippen molar-refractivity contribution in [3.8, 4) is 0 Å². The lowest BCUT2D eigenvalue weighted by atomic mass is 10.0. The van der Waals surface area contributed by atoms with Crippen molar-refractivity contribution in [2.24, 2.45) is 0 Å². The third-order valence-corrected chi connectivity index (χ3v) is 3.35. The van der Waals surface area contributed by atoms with Gasteiger partial charge >= 0.3 is 0 Å². The second-order valence-corrected chi connectivity index (χ2v) is 4.93. The van der Waals surface area contributed by atoms with Gasteiger partial charge < -0.3 is 29.9 Å². The van der Waals surface area contributed by atoms with Gasteiger partial charge in [-0.25, -0.2) is 0 Å². The molecule has 1 fully saturated rings. The van der Waals surface area contributed by atoms with Crippen LogP contribution in [0.4, 0.5) is 5.69 Å². The number of benzene rings is 1. The second kappa shape index (κ2) is 7.09. The average Bonchev–Trinajstić information content (AvgIpc) is 2.67. The van der Waals surface area contributed by atoms with Gasteiger partial charge in [0.05, 0.1) is 18.1 Å². The van der Waals surface area contributed by atoms with Gasteiger partial charge in [0.1, 0.15) is 24.4 Å². The van der Waals surface area contributed by atoms with Gasteiger partial charge in [0, 0.05) is 17.7 Å². The summed E-state index contributed by atoms with van der Waals surface area (Å²) < 4.78 is 10.7. The molecule has 1 aromatic rings. The molecule has 0 spiro atoms. The minimum Gasteiger partial charge on any atom is -0.394 e. The van der Waals surface area contributed by atoms with Crippen LogP contribution in [0.5, 0.6) is 0 Å². The summed E-state index contributed by atoms with van der Waals surface area (Å²) in [6.07, 6.45) is -6.65. The third kappa shape index (κ3) is 3.58. The Morgan fingerprint density at radius 3 is 2.77 bits per heavy atom. The van der Waals surface area contributed by atoms with Crippen molar-refractivity contribution in [2.45, 2.75) is 30.7 Å². The Morgan fingerprint density at radius 1 is 1.41 bits per heavy atom. The number of hydrogen-bond acceptors (Lipinski definition) is 8. The zero-order valence-electron chi connectivity index (χ0n) is 11.5. The van der Waals surface area contributed by atoms with E-state index in [0.717, 1.165) is 0 Å². The first-order valence-electron chi connectivity index (χ1n) is 6.60. The minimum atomic E-state index is -1.47. The molecule has 22 heavy (non-hydrogen) atoms. The van der Waals surface area contributed by atoms with E-state index in [1.54, 1.807) is 0 Å². The normalized spacial score (nSPS) is 30.5. The fraction of sp³-hybridized carbons (Fsp3) is 0.538. The second-order valence-electron chi connectivity index (χ2n) is 4.93. The lowest BCUT2D eigenvalue weighted by Crippen LogP contribution is -2.47. The van der Waals surface area contributed by atoms with Gasteiger partial charge in [-0.1, -0.05) is 12.1 Å². The highest BCUT2D eigenvalue weighted by molar-refractivity contribution is 5.34. The molecular weight excluding hydrogens is 298 g/mol. The molecule has 9 nitrogen and oxygen atoms in total. The molecule has 1 aliphatic heterocycles. The fourth-order valence-corrected chi connectivity index (χ4v) is 2.15. The standard InChI is InChI=1S/C13H17NO8/c15-5-9(16)12-11(18)10(17)6-21-13(22-12)7-2-1-3-8(4-7)14(19)20/h1-4,9-13,15-18H,5-6H2/t9-,10+,11-,12-,13?/m0/s1. The van der Waals surface area contributed by atoms with Crippen LogP contribution in [0.2, 0.25) is 0 Å². The number of hydrogen-bond donors (Lipinski definition) is 4. The van der Waals surface area contributed by atoms with E-state index in [-0.39, 0.29) is 12.3 Å². The van der Waals surface area contributed by atoms with E-state index in [1.165, 1.54) is 24.3 Å². The van der Waals surface area contributed by atoms with Crippen molar-refractivity contribution in [3.63, 3.8) is 0 Å². The maximum absolute atomic E-state index is 10.8. The predicted molar refractivity (Wildman–Crippen MR) is 71.8 cm³/mol. The summed E-state index contributed by atoms with van der Waals surface area (Å²) in [5.41, 5.74) is 0.125. The Bertz CT molecular complexity index is 525. The molecule has 0 saturated carbocycles. The summed E-state index contributed by atoms with van der Waals surface area (Å²) in [4.78, 5) is 10.2. The molecular formula is C13H17NO8. The Hall–Kier alpha value is -1.62.